The smallest absolute Gasteiger partial charge is 0.248 e. The van der Waals surface area contributed by atoms with Gasteiger partial charge in [-0.1, -0.05) is 6.07 Å². The van der Waals surface area contributed by atoms with Crippen molar-refractivity contribution in [1.82, 2.24) is 15.0 Å². The molecule has 0 aliphatic carbocycles. The molecule has 0 bridgehead atoms. The van der Waals surface area contributed by atoms with E-state index in [4.69, 9.17) is 9.47 Å². The molecule has 2 aromatic heterocycles. The Balaban J connectivity index is 2.41. The van der Waals surface area contributed by atoms with Crippen molar-refractivity contribution in [2.75, 3.05) is 14.2 Å². The van der Waals surface area contributed by atoms with E-state index in [0.717, 1.165) is 0 Å². The number of aromatic nitrogens is 3. The summed E-state index contributed by atoms with van der Waals surface area (Å²) in [6.45, 7) is 0. The van der Waals surface area contributed by atoms with E-state index in [0.29, 0.717) is 0 Å². The molecule has 0 radical (unpaired) electrons. The lowest BCUT2D eigenvalue weighted by atomic mass is 10.2. The molecule has 0 aliphatic heterocycles. The molecule has 2 heterocycles. The molecule has 0 aliphatic rings. The Morgan fingerprint density at radius 1 is 1.11 bits per heavy atom. The van der Waals surface area contributed by atoms with E-state index in [1.165, 1.54) is 26.5 Å². The number of ketones is 1. The third kappa shape index (κ3) is 2.42. The molecule has 0 amide bonds. The van der Waals surface area contributed by atoms with E-state index in [9.17, 15) is 4.79 Å². The van der Waals surface area contributed by atoms with Crippen molar-refractivity contribution >= 4 is 5.78 Å². The van der Waals surface area contributed by atoms with E-state index in [1.807, 2.05) is 0 Å². The van der Waals surface area contributed by atoms with Gasteiger partial charge in [0.05, 0.1) is 20.3 Å². The fraction of sp³-hybridized carbons (Fsp3) is 0.167. The number of nitrogens with zero attached hydrogens (tertiary/aromatic N) is 3. The zero-order chi connectivity index (χ0) is 13.0. The third-order valence-electron chi connectivity index (χ3n) is 2.20. The molecule has 92 valence electrons. The van der Waals surface area contributed by atoms with Crippen molar-refractivity contribution in [2.24, 2.45) is 0 Å². The number of carbonyl (C=O) groups is 1. The molecule has 2 aromatic rings. The molecule has 0 saturated heterocycles. The Kier molecular flexibility index (Phi) is 3.47. The normalized spacial score (nSPS) is 9.89. The summed E-state index contributed by atoms with van der Waals surface area (Å²) in [5.41, 5.74) is 0.271. The molecule has 2 rings (SSSR count). The Morgan fingerprint density at radius 3 is 2.28 bits per heavy atom. The van der Waals surface area contributed by atoms with Crippen LogP contribution in [0.4, 0.5) is 0 Å². The number of rotatable bonds is 4. The maximum atomic E-state index is 12.1. The van der Waals surface area contributed by atoms with Gasteiger partial charge >= 0.3 is 0 Å². The number of pyridine rings is 1. The molecule has 0 saturated carbocycles. The summed E-state index contributed by atoms with van der Waals surface area (Å²) in [5, 5.41) is 0. The van der Waals surface area contributed by atoms with Gasteiger partial charge in [-0.2, -0.15) is 9.97 Å². The van der Waals surface area contributed by atoms with Crippen LogP contribution in [0, 0.1) is 0 Å². The van der Waals surface area contributed by atoms with Gasteiger partial charge < -0.3 is 9.47 Å². The predicted molar refractivity (Wildman–Crippen MR) is 62.8 cm³/mol. The van der Waals surface area contributed by atoms with Crippen molar-refractivity contribution in [1.29, 1.82) is 0 Å². The van der Waals surface area contributed by atoms with E-state index in [2.05, 4.69) is 15.0 Å². The minimum absolute atomic E-state index is 0.00935. The van der Waals surface area contributed by atoms with Crippen LogP contribution in [-0.4, -0.2) is 35.0 Å². The Morgan fingerprint density at radius 2 is 1.78 bits per heavy atom. The molecule has 0 N–H and O–H groups in total. The van der Waals surface area contributed by atoms with Crippen molar-refractivity contribution in [3.8, 4) is 11.8 Å². The van der Waals surface area contributed by atoms with E-state index in [-0.39, 0.29) is 29.1 Å². The number of carbonyl (C=O) groups excluding carboxylic acids is 1. The molecule has 0 atom stereocenters. The van der Waals surface area contributed by atoms with Gasteiger partial charge in [-0.15, -0.1) is 0 Å². The molecule has 0 unspecified atom stereocenters. The van der Waals surface area contributed by atoms with Crippen LogP contribution >= 0.6 is 0 Å². The molecule has 6 nitrogen and oxygen atoms in total. The highest BCUT2D eigenvalue weighted by molar-refractivity contribution is 6.05. The number of ether oxygens (including phenoxy) is 2. The van der Waals surface area contributed by atoms with Gasteiger partial charge in [0, 0.05) is 6.20 Å². The van der Waals surface area contributed by atoms with Crippen molar-refractivity contribution in [3.05, 3.63) is 42.0 Å². The lowest BCUT2D eigenvalue weighted by molar-refractivity contribution is 0.102. The summed E-state index contributed by atoms with van der Waals surface area (Å²) in [6, 6.07) is 6.54. The molecule has 18 heavy (non-hydrogen) atoms. The van der Waals surface area contributed by atoms with Gasteiger partial charge in [-0.25, -0.2) is 0 Å². The lowest BCUT2D eigenvalue weighted by Crippen LogP contribution is -2.10. The van der Waals surface area contributed by atoms with Gasteiger partial charge in [0.1, 0.15) is 5.69 Å². The molecular weight excluding hydrogens is 234 g/mol. The SMILES string of the molecule is COc1cc(OC)nc(C(=O)c2ccccn2)n1. The first-order valence-electron chi connectivity index (χ1n) is 5.17. The predicted octanol–water partition coefficient (Wildman–Crippen LogP) is 1.12. The van der Waals surface area contributed by atoms with Gasteiger partial charge in [-0.3, -0.25) is 9.78 Å². The topological polar surface area (TPSA) is 74.2 Å². The van der Waals surface area contributed by atoms with Crippen LogP contribution < -0.4 is 9.47 Å². The minimum atomic E-state index is -0.382. The highest BCUT2D eigenvalue weighted by atomic mass is 16.5. The van der Waals surface area contributed by atoms with Crippen LogP contribution in [0.25, 0.3) is 0 Å². The number of hydrogen-bond donors (Lipinski definition) is 0. The average molecular weight is 245 g/mol. The standard InChI is InChI=1S/C12H11N3O3/c1-17-9-7-10(18-2)15-12(14-9)11(16)8-5-3-4-6-13-8/h3-7H,1-2H3. The van der Waals surface area contributed by atoms with Crippen molar-refractivity contribution in [3.63, 3.8) is 0 Å². The highest BCUT2D eigenvalue weighted by Crippen LogP contribution is 2.16. The Labute approximate surface area is 104 Å². The minimum Gasteiger partial charge on any atom is -0.481 e. The van der Waals surface area contributed by atoms with Crippen molar-refractivity contribution < 1.29 is 14.3 Å². The highest BCUT2D eigenvalue weighted by Gasteiger charge is 2.16. The number of methoxy groups -OCH3 is 2. The molecule has 0 aromatic carbocycles. The second-order valence-electron chi connectivity index (χ2n) is 3.32. The van der Waals surface area contributed by atoms with Gasteiger partial charge in [0.15, 0.2) is 0 Å². The quantitative estimate of drug-likeness (QED) is 0.751. The second kappa shape index (κ2) is 5.22. The molecule has 0 spiro atoms. The first-order chi connectivity index (χ1) is 8.74. The van der Waals surface area contributed by atoms with Crippen LogP contribution in [-0.2, 0) is 0 Å². The Bertz CT molecular complexity index is 535. The maximum absolute atomic E-state index is 12.1. The Hall–Kier alpha value is -2.50. The van der Waals surface area contributed by atoms with E-state index >= 15 is 0 Å². The van der Waals surface area contributed by atoms with E-state index < -0.39 is 0 Å². The summed E-state index contributed by atoms with van der Waals surface area (Å²) in [4.78, 5) is 24.0. The monoisotopic (exact) mass is 245 g/mol. The molecular formula is C12H11N3O3. The first kappa shape index (κ1) is 12.0. The first-order valence-corrected chi connectivity index (χ1v) is 5.17. The number of hydrogen-bond acceptors (Lipinski definition) is 6. The summed E-state index contributed by atoms with van der Waals surface area (Å²) in [7, 11) is 2.91. The molecule has 6 heteroatoms. The van der Waals surface area contributed by atoms with Crippen LogP contribution in [0.1, 0.15) is 16.3 Å². The lowest BCUT2D eigenvalue weighted by Gasteiger charge is -2.05. The van der Waals surface area contributed by atoms with Gasteiger partial charge in [-0.05, 0) is 12.1 Å². The summed E-state index contributed by atoms with van der Waals surface area (Å²) in [5.74, 6) is 0.139. The largest absolute Gasteiger partial charge is 0.481 e. The average Bonchev–Trinajstić information content (AvgIpc) is 2.46. The van der Waals surface area contributed by atoms with Crippen LogP contribution in [0.5, 0.6) is 11.8 Å². The zero-order valence-corrected chi connectivity index (χ0v) is 9.95. The fourth-order valence-electron chi connectivity index (χ4n) is 1.33. The van der Waals surface area contributed by atoms with Gasteiger partial charge in [0.2, 0.25) is 23.4 Å². The fourth-order valence-corrected chi connectivity index (χ4v) is 1.33. The van der Waals surface area contributed by atoms with Crippen LogP contribution in [0.3, 0.4) is 0 Å². The van der Waals surface area contributed by atoms with E-state index in [1.54, 1.807) is 18.2 Å². The summed E-state index contributed by atoms with van der Waals surface area (Å²) in [6.07, 6.45) is 1.53. The van der Waals surface area contributed by atoms with Crippen molar-refractivity contribution in [2.45, 2.75) is 0 Å². The second-order valence-corrected chi connectivity index (χ2v) is 3.32. The summed E-state index contributed by atoms with van der Waals surface area (Å²) >= 11 is 0. The zero-order valence-electron chi connectivity index (χ0n) is 9.95. The maximum Gasteiger partial charge on any atom is 0.248 e. The van der Waals surface area contributed by atoms with Crippen LogP contribution in [0.15, 0.2) is 30.5 Å². The third-order valence-corrected chi connectivity index (χ3v) is 2.20. The summed E-state index contributed by atoms with van der Waals surface area (Å²) < 4.78 is 9.96. The van der Waals surface area contributed by atoms with Crippen LogP contribution in [0.2, 0.25) is 0 Å². The molecule has 0 fully saturated rings. The van der Waals surface area contributed by atoms with Gasteiger partial charge in [0.25, 0.3) is 0 Å².